The van der Waals surface area contributed by atoms with Gasteiger partial charge in [0.2, 0.25) is 5.91 Å². The number of aliphatic hydroxyl groups excluding tert-OH is 1. The maximum Gasteiger partial charge on any atom is 0.236 e. The number of aliphatic hydroxyl groups is 1. The Bertz CT molecular complexity index is 1370. The summed E-state index contributed by atoms with van der Waals surface area (Å²) >= 11 is 0. The van der Waals surface area contributed by atoms with E-state index in [9.17, 15) is 18.7 Å². The van der Waals surface area contributed by atoms with Crippen LogP contribution < -0.4 is 9.64 Å². The van der Waals surface area contributed by atoms with Crippen LogP contribution in [0.4, 0.5) is 14.5 Å². The van der Waals surface area contributed by atoms with Crippen LogP contribution in [0.15, 0.2) is 115 Å². The first-order chi connectivity index (χ1) is 18.0. The van der Waals surface area contributed by atoms with Crippen molar-refractivity contribution in [3.05, 3.63) is 144 Å². The molecule has 1 heterocycles. The number of ether oxygens (including phenoxy) is 1. The Hall–Kier alpha value is -4.29. The molecule has 0 saturated carbocycles. The van der Waals surface area contributed by atoms with Gasteiger partial charge >= 0.3 is 0 Å². The molecule has 0 aliphatic carbocycles. The summed E-state index contributed by atoms with van der Waals surface area (Å²) in [5.41, 5.74) is 3.05. The van der Waals surface area contributed by atoms with Gasteiger partial charge < -0.3 is 14.7 Å². The van der Waals surface area contributed by atoms with Crippen molar-refractivity contribution in [3.63, 3.8) is 0 Å². The fourth-order valence-corrected chi connectivity index (χ4v) is 4.44. The minimum atomic E-state index is -0.984. The molecule has 1 aliphatic rings. The number of β-lactam (4-membered cyclic amide) rings is 1. The van der Waals surface area contributed by atoms with Crippen molar-refractivity contribution in [1.29, 1.82) is 0 Å². The lowest BCUT2D eigenvalue weighted by Crippen LogP contribution is -2.54. The zero-order valence-corrected chi connectivity index (χ0v) is 19.9. The van der Waals surface area contributed by atoms with Crippen LogP contribution >= 0.6 is 0 Å². The minimum absolute atomic E-state index is 0.163. The molecule has 6 heteroatoms. The molecule has 1 amide bonds. The number of hydrogen-bond acceptors (Lipinski definition) is 3. The lowest BCUT2D eigenvalue weighted by atomic mass is 9.81. The van der Waals surface area contributed by atoms with Crippen molar-refractivity contribution in [2.24, 2.45) is 5.92 Å². The van der Waals surface area contributed by atoms with Gasteiger partial charge in [-0.25, -0.2) is 8.78 Å². The molecule has 1 N–H and O–H groups in total. The molecule has 186 valence electrons. The molecule has 1 fully saturated rings. The Morgan fingerprint density at radius 3 is 2.11 bits per heavy atom. The molecule has 0 spiro atoms. The summed E-state index contributed by atoms with van der Waals surface area (Å²) in [6.45, 7) is 0.441. The number of rotatable bonds is 8. The molecule has 0 radical (unpaired) electrons. The van der Waals surface area contributed by atoms with E-state index >= 15 is 0 Å². The van der Waals surface area contributed by atoms with Gasteiger partial charge in [-0.2, -0.15) is 0 Å². The molecular formula is C31H25F2NO3. The third kappa shape index (κ3) is 5.44. The Kier molecular flexibility index (Phi) is 7.10. The van der Waals surface area contributed by atoms with E-state index in [1.54, 1.807) is 29.2 Å². The zero-order valence-electron chi connectivity index (χ0n) is 19.9. The van der Waals surface area contributed by atoms with E-state index < -0.39 is 12.0 Å². The van der Waals surface area contributed by atoms with Crippen LogP contribution in [-0.4, -0.2) is 11.0 Å². The van der Waals surface area contributed by atoms with E-state index in [0.29, 0.717) is 23.6 Å². The third-order valence-electron chi connectivity index (χ3n) is 6.43. The standard InChI is InChI=1S/C31H25F2NO3/c32-24-10-6-22(7-11-24)29(35)19-18-28-30(34(31(28)36)26-14-12-25(33)13-15-26)23-8-16-27(17-9-23)37-20-21-4-2-1-3-5-21/h1-19,28-30,35H,20H2/b19-18+/t28?,29-,30+/m0/s1. The van der Waals surface area contributed by atoms with Gasteiger partial charge in [0.15, 0.2) is 0 Å². The number of amides is 1. The second kappa shape index (κ2) is 10.8. The number of carbonyl (C=O) groups is 1. The first kappa shape index (κ1) is 24.4. The number of anilines is 1. The molecule has 4 nitrogen and oxygen atoms in total. The number of halogens is 2. The molecule has 4 aromatic carbocycles. The average molecular weight is 498 g/mol. The predicted molar refractivity (Wildman–Crippen MR) is 138 cm³/mol. The Labute approximate surface area is 214 Å². The van der Waals surface area contributed by atoms with E-state index in [2.05, 4.69) is 0 Å². The van der Waals surface area contributed by atoms with Crippen LogP contribution in [0.3, 0.4) is 0 Å². The van der Waals surface area contributed by atoms with E-state index in [1.807, 2.05) is 54.6 Å². The second-order valence-corrected chi connectivity index (χ2v) is 8.88. The van der Waals surface area contributed by atoms with Gasteiger partial charge in [-0.1, -0.05) is 66.7 Å². The number of carbonyl (C=O) groups excluding carboxylic acids is 1. The highest BCUT2D eigenvalue weighted by molar-refractivity contribution is 6.04. The summed E-state index contributed by atoms with van der Waals surface area (Å²) in [6.07, 6.45) is 2.24. The van der Waals surface area contributed by atoms with Gasteiger partial charge in [0.1, 0.15) is 24.0 Å². The van der Waals surface area contributed by atoms with Crippen molar-refractivity contribution in [3.8, 4) is 5.75 Å². The first-order valence-corrected chi connectivity index (χ1v) is 12.0. The van der Waals surface area contributed by atoms with Crippen molar-refractivity contribution < 1.29 is 23.4 Å². The highest BCUT2D eigenvalue weighted by atomic mass is 19.1. The fraction of sp³-hybridized carbons (Fsp3) is 0.129. The first-order valence-electron chi connectivity index (χ1n) is 12.0. The van der Waals surface area contributed by atoms with Gasteiger partial charge in [-0.05, 0) is 65.2 Å². The molecule has 3 atom stereocenters. The topological polar surface area (TPSA) is 49.8 Å². The number of nitrogens with zero attached hydrogens (tertiary/aromatic N) is 1. The van der Waals surface area contributed by atoms with Crippen LogP contribution in [-0.2, 0) is 11.4 Å². The molecule has 1 saturated heterocycles. The molecule has 5 rings (SSSR count). The van der Waals surface area contributed by atoms with Crippen LogP contribution in [0.2, 0.25) is 0 Å². The quantitative estimate of drug-likeness (QED) is 0.222. The summed E-state index contributed by atoms with van der Waals surface area (Å²) in [7, 11) is 0. The largest absolute Gasteiger partial charge is 0.489 e. The highest BCUT2D eigenvalue weighted by Gasteiger charge is 2.47. The van der Waals surface area contributed by atoms with Gasteiger partial charge in [0, 0.05) is 5.69 Å². The molecule has 37 heavy (non-hydrogen) atoms. The summed E-state index contributed by atoms with van der Waals surface area (Å²) in [5.74, 6) is -0.766. The lowest BCUT2D eigenvalue weighted by Gasteiger charge is -2.46. The van der Waals surface area contributed by atoms with Gasteiger partial charge in [0.25, 0.3) is 0 Å². The molecule has 1 unspecified atom stereocenters. The van der Waals surface area contributed by atoms with Crippen LogP contribution in [0, 0.1) is 17.6 Å². The summed E-state index contributed by atoms with van der Waals surface area (Å²) in [4.78, 5) is 14.8. The van der Waals surface area contributed by atoms with E-state index in [0.717, 1.165) is 11.1 Å². The van der Waals surface area contributed by atoms with Crippen molar-refractivity contribution in [1.82, 2.24) is 0 Å². The second-order valence-electron chi connectivity index (χ2n) is 8.88. The fourth-order valence-electron chi connectivity index (χ4n) is 4.44. The van der Waals surface area contributed by atoms with Crippen LogP contribution in [0.25, 0.3) is 0 Å². The monoisotopic (exact) mass is 497 g/mol. The summed E-state index contributed by atoms with van der Waals surface area (Å²) in [6, 6.07) is 28.4. The van der Waals surface area contributed by atoms with Gasteiger partial charge in [0.05, 0.1) is 18.1 Å². The number of benzene rings is 4. The average Bonchev–Trinajstić information content (AvgIpc) is 2.93. The smallest absolute Gasteiger partial charge is 0.236 e. The zero-order chi connectivity index (χ0) is 25.8. The minimum Gasteiger partial charge on any atom is -0.489 e. The van der Waals surface area contributed by atoms with Crippen molar-refractivity contribution >= 4 is 11.6 Å². The Morgan fingerprint density at radius 2 is 1.46 bits per heavy atom. The molecule has 0 bridgehead atoms. The van der Waals surface area contributed by atoms with Crippen LogP contribution in [0.1, 0.15) is 28.8 Å². The maximum atomic E-state index is 13.5. The van der Waals surface area contributed by atoms with Crippen molar-refractivity contribution in [2.75, 3.05) is 4.90 Å². The Balaban J connectivity index is 1.37. The molecule has 1 aliphatic heterocycles. The number of hydrogen-bond donors (Lipinski definition) is 1. The molecule has 0 aromatic heterocycles. The maximum absolute atomic E-state index is 13.5. The van der Waals surface area contributed by atoms with E-state index in [-0.39, 0.29) is 23.6 Å². The van der Waals surface area contributed by atoms with Crippen LogP contribution in [0.5, 0.6) is 5.75 Å². The van der Waals surface area contributed by atoms with Gasteiger partial charge in [-0.3, -0.25) is 4.79 Å². The molecule has 4 aromatic rings. The third-order valence-corrected chi connectivity index (χ3v) is 6.43. The summed E-state index contributed by atoms with van der Waals surface area (Å²) < 4.78 is 32.6. The van der Waals surface area contributed by atoms with Gasteiger partial charge in [-0.15, -0.1) is 0 Å². The lowest BCUT2D eigenvalue weighted by molar-refractivity contribution is -0.128. The van der Waals surface area contributed by atoms with E-state index in [1.165, 1.54) is 36.4 Å². The predicted octanol–water partition coefficient (Wildman–Crippen LogP) is 6.54. The normalized spacial score (nSPS) is 18.0. The van der Waals surface area contributed by atoms with E-state index in [4.69, 9.17) is 4.74 Å². The Morgan fingerprint density at radius 1 is 0.838 bits per heavy atom. The molecular weight excluding hydrogens is 472 g/mol. The summed E-state index contributed by atoms with van der Waals surface area (Å²) in [5, 5.41) is 10.5. The van der Waals surface area contributed by atoms with Crippen molar-refractivity contribution in [2.45, 2.75) is 18.8 Å². The SMILES string of the molecule is O=C1C(/C=C/[C@H](O)c2ccc(F)cc2)[C@@H](c2ccc(OCc3ccccc3)cc2)N1c1ccc(F)cc1. The highest BCUT2D eigenvalue weighted by Crippen LogP contribution is 2.44.